The van der Waals surface area contributed by atoms with E-state index in [0.717, 1.165) is 25.3 Å². The van der Waals surface area contributed by atoms with Gasteiger partial charge in [-0.1, -0.05) is 18.2 Å². The molecule has 1 fully saturated rings. The van der Waals surface area contributed by atoms with Crippen LogP contribution < -0.4 is 4.72 Å². The SMILES string of the molecule is Cc1ccc([N+](=O)[O-])cc1S(=O)(=O)Nc1ccccc1C(=O)N1CCCCC1. The first-order valence-electron chi connectivity index (χ1n) is 8.96. The molecule has 1 N–H and O–H groups in total. The molecule has 0 radical (unpaired) electrons. The largest absolute Gasteiger partial charge is 0.339 e. The quantitative estimate of drug-likeness (QED) is 0.608. The number of aryl methyl sites for hydroxylation is 1. The van der Waals surface area contributed by atoms with Gasteiger partial charge in [0.1, 0.15) is 0 Å². The Hall–Kier alpha value is -2.94. The number of sulfonamides is 1. The number of nitrogens with one attached hydrogen (secondary N) is 1. The van der Waals surface area contributed by atoms with Crippen molar-refractivity contribution in [3.05, 3.63) is 63.7 Å². The molecule has 0 aromatic heterocycles. The van der Waals surface area contributed by atoms with Crippen LogP contribution in [0, 0.1) is 17.0 Å². The second-order valence-corrected chi connectivity index (χ2v) is 8.36. The van der Waals surface area contributed by atoms with Gasteiger partial charge in [0.05, 0.1) is 21.1 Å². The molecule has 1 aliphatic heterocycles. The van der Waals surface area contributed by atoms with Crippen molar-refractivity contribution in [2.75, 3.05) is 17.8 Å². The summed E-state index contributed by atoms with van der Waals surface area (Å²) in [5.41, 5.74) is 0.474. The minimum absolute atomic E-state index is 0.156. The molecule has 2 aromatic carbocycles. The number of piperidine rings is 1. The highest BCUT2D eigenvalue weighted by atomic mass is 32.2. The number of nitrogens with zero attached hydrogens (tertiary/aromatic N) is 2. The second kappa shape index (κ2) is 7.97. The van der Waals surface area contributed by atoms with E-state index in [1.807, 2.05) is 0 Å². The normalized spacial score (nSPS) is 14.5. The van der Waals surface area contributed by atoms with E-state index in [1.165, 1.54) is 18.2 Å². The van der Waals surface area contributed by atoms with Gasteiger partial charge in [0, 0.05) is 25.2 Å². The zero-order chi connectivity index (χ0) is 20.3. The number of nitro groups is 1. The zero-order valence-corrected chi connectivity index (χ0v) is 16.2. The van der Waals surface area contributed by atoms with E-state index in [0.29, 0.717) is 18.7 Å². The first-order valence-corrected chi connectivity index (χ1v) is 10.4. The van der Waals surface area contributed by atoms with Crippen molar-refractivity contribution < 1.29 is 18.1 Å². The van der Waals surface area contributed by atoms with Crippen molar-refractivity contribution in [1.82, 2.24) is 4.90 Å². The van der Waals surface area contributed by atoms with Crippen LogP contribution in [0.15, 0.2) is 47.4 Å². The second-order valence-electron chi connectivity index (χ2n) is 6.71. The Bertz CT molecular complexity index is 1010. The summed E-state index contributed by atoms with van der Waals surface area (Å²) in [7, 11) is -4.11. The third-order valence-electron chi connectivity index (χ3n) is 4.72. The van der Waals surface area contributed by atoms with E-state index in [4.69, 9.17) is 0 Å². The van der Waals surface area contributed by atoms with Crippen LogP contribution in [0.2, 0.25) is 0 Å². The molecular weight excluding hydrogens is 382 g/mol. The summed E-state index contributed by atoms with van der Waals surface area (Å²) < 4.78 is 28.2. The number of carbonyl (C=O) groups excluding carboxylic acids is 1. The number of nitro benzene ring substituents is 1. The molecule has 8 nitrogen and oxygen atoms in total. The van der Waals surface area contributed by atoms with Gasteiger partial charge in [0.25, 0.3) is 21.6 Å². The van der Waals surface area contributed by atoms with E-state index >= 15 is 0 Å². The monoisotopic (exact) mass is 403 g/mol. The average Bonchev–Trinajstić information content (AvgIpc) is 2.68. The number of non-ortho nitro benzene ring substituents is 1. The molecule has 1 amide bonds. The summed E-state index contributed by atoms with van der Waals surface area (Å²) in [6.45, 7) is 2.84. The molecule has 28 heavy (non-hydrogen) atoms. The predicted octanol–water partition coefficient (Wildman–Crippen LogP) is 3.33. The van der Waals surface area contributed by atoms with Crippen LogP contribution in [0.5, 0.6) is 0 Å². The molecule has 0 unspecified atom stereocenters. The lowest BCUT2D eigenvalue weighted by Crippen LogP contribution is -2.36. The van der Waals surface area contributed by atoms with Crippen LogP contribution in [0.1, 0.15) is 35.2 Å². The van der Waals surface area contributed by atoms with Crippen molar-refractivity contribution in [2.24, 2.45) is 0 Å². The van der Waals surface area contributed by atoms with Crippen LogP contribution in [0.4, 0.5) is 11.4 Å². The fraction of sp³-hybridized carbons (Fsp3) is 0.316. The standard InChI is InChI=1S/C19H21N3O5S/c1-14-9-10-15(22(24)25)13-18(14)28(26,27)20-17-8-4-3-7-16(17)19(23)21-11-5-2-6-12-21/h3-4,7-10,13,20H,2,5-6,11-12H2,1H3. The molecule has 1 aliphatic rings. The number of hydrogen-bond donors (Lipinski definition) is 1. The predicted molar refractivity (Wildman–Crippen MR) is 105 cm³/mol. The van der Waals surface area contributed by atoms with Gasteiger partial charge in [-0.05, 0) is 43.9 Å². The van der Waals surface area contributed by atoms with Crippen LogP contribution in [0.3, 0.4) is 0 Å². The van der Waals surface area contributed by atoms with Crippen molar-refractivity contribution in [3.8, 4) is 0 Å². The van der Waals surface area contributed by atoms with Gasteiger partial charge in [-0.2, -0.15) is 0 Å². The maximum Gasteiger partial charge on any atom is 0.270 e. The third-order valence-corrected chi connectivity index (χ3v) is 6.22. The van der Waals surface area contributed by atoms with Gasteiger partial charge in [-0.3, -0.25) is 19.6 Å². The number of rotatable bonds is 5. The Balaban J connectivity index is 1.94. The molecule has 148 valence electrons. The molecule has 0 spiro atoms. The molecule has 0 saturated carbocycles. The molecule has 0 aliphatic carbocycles. The number of carbonyl (C=O) groups is 1. The summed E-state index contributed by atoms with van der Waals surface area (Å²) in [4.78, 5) is 24.7. The molecule has 3 rings (SSSR count). The molecular formula is C19H21N3O5S. The van der Waals surface area contributed by atoms with Crippen molar-refractivity contribution >= 4 is 27.3 Å². The van der Waals surface area contributed by atoms with Gasteiger partial charge in [-0.25, -0.2) is 8.42 Å². The topological polar surface area (TPSA) is 110 Å². The molecule has 0 atom stereocenters. The smallest absolute Gasteiger partial charge is 0.270 e. The van der Waals surface area contributed by atoms with Crippen molar-refractivity contribution in [3.63, 3.8) is 0 Å². The summed E-state index contributed by atoms with van der Waals surface area (Å²) >= 11 is 0. The van der Waals surface area contributed by atoms with Gasteiger partial charge in [0.2, 0.25) is 0 Å². The molecule has 0 bridgehead atoms. The fourth-order valence-corrected chi connectivity index (χ4v) is 4.56. The van der Waals surface area contributed by atoms with Crippen LogP contribution in [-0.2, 0) is 10.0 Å². The lowest BCUT2D eigenvalue weighted by molar-refractivity contribution is -0.385. The van der Waals surface area contributed by atoms with Gasteiger partial charge < -0.3 is 4.90 Å². The average molecular weight is 403 g/mol. The summed E-state index contributed by atoms with van der Waals surface area (Å²) in [6, 6.07) is 10.1. The maximum absolute atomic E-state index is 12.9. The number of amides is 1. The molecule has 1 heterocycles. The van der Waals surface area contributed by atoms with E-state index in [2.05, 4.69) is 4.72 Å². The van der Waals surface area contributed by atoms with E-state index < -0.39 is 14.9 Å². The summed E-state index contributed by atoms with van der Waals surface area (Å²) in [5, 5.41) is 11.0. The van der Waals surface area contributed by atoms with Crippen LogP contribution in [0.25, 0.3) is 0 Å². The minimum atomic E-state index is -4.11. The number of para-hydroxylation sites is 1. The van der Waals surface area contributed by atoms with Crippen LogP contribution in [-0.4, -0.2) is 37.2 Å². The lowest BCUT2D eigenvalue weighted by Gasteiger charge is -2.27. The Morgan fingerprint density at radius 3 is 2.46 bits per heavy atom. The Morgan fingerprint density at radius 1 is 1.11 bits per heavy atom. The minimum Gasteiger partial charge on any atom is -0.339 e. The fourth-order valence-electron chi connectivity index (χ4n) is 3.22. The van der Waals surface area contributed by atoms with Gasteiger partial charge in [0.15, 0.2) is 0 Å². The van der Waals surface area contributed by atoms with Crippen LogP contribution >= 0.6 is 0 Å². The third kappa shape index (κ3) is 4.14. The molecule has 2 aromatic rings. The Kier molecular flexibility index (Phi) is 5.64. The molecule has 1 saturated heterocycles. The van der Waals surface area contributed by atoms with Crippen molar-refractivity contribution in [2.45, 2.75) is 31.1 Å². The number of likely N-dealkylation sites (tertiary alicyclic amines) is 1. The highest BCUT2D eigenvalue weighted by Crippen LogP contribution is 2.26. The van der Waals surface area contributed by atoms with E-state index in [9.17, 15) is 23.3 Å². The lowest BCUT2D eigenvalue weighted by atomic mass is 10.1. The van der Waals surface area contributed by atoms with Crippen molar-refractivity contribution in [1.29, 1.82) is 0 Å². The maximum atomic E-state index is 12.9. The molecule has 9 heteroatoms. The number of hydrogen-bond acceptors (Lipinski definition) is 5. The Labute approximate surface area is 163 Å². The number of anilines is 1. The number of benzene rings is 2. The summed E-state index contributed by atoms with van der Waals surface area (Å²) in [6.07, 6.45) is 2.92. The van der Waals surface area contributed by atoms with E-state index in [1.54, 1.807) is 30.0 Å². The van der Waals surface area contributed by atoms with Gasteiger partial charge >= 0.3 is 0 Å². The van der Waals surface area contributed by atoms with E-state index in [-0.39, 0.29) is 27.7 Å². The summed E-state index contributed by atoms with van der Waals surface area (Å²) in [5.74, 6) is -0.228. The first-order chi connectivity index (χ1) is 13.3. The highest BCUT2D eigenvalue weighted by Gasteiger charge is 2.25. The first kappa shape index (κ1) is 19.8. The highest BCUT2D eigenvalue weighted by molar-refractivity contribution is 7.92. The Morgan fingerprint density at radius 2 is 1.79 bits per heavy atom. The van der Waals surface area contributed by atoms with Gasteiger partial charge in [-0.15, -0.1) is 0 Å². The zero-order valence-electron chi connectivity index (χ0n) is 15.4.